The van der Waals surface area contributed by atoms with E-state index in [-0.39, 0.29) is 23.6 Å². The number of rotatable bonds is 7. The first-order valence-electron chi connectivity index (χ1n) is 10.8. The van der Waals surface area contributed by atoms with Crippen LogP contribution in [0.2, 0.25) is 0 Å². The zero-order valence-corrected chi connectivity index (χ0v) is 20.5. The number of aromatic hydroxyl groups is 1. The SMILES string of the molecule is CCOc1cc(/C=C2\C(=O)NC(=O)N(c3ccc(O)cc3)C2=O)cc(Br)c1OCc1ccccc1F. The average Bonchev–Trinajstić information content (AvgIpc) is 2.83. The number of benzene rings is 3. The average molecular weight is 555 g/mol. The highest BCUT2D eigenvalue weighted by Crippen LogP contribution is 2.38. The number of barbiturate groups is 1. The molecule has 0 atom stereocenters. The van der Waals surface area contributed by atoms with Crippen molar-refractivity contribution in [3.05, 3.63) is 87.7 Å². The molecular formula is C26H20BrFN2O6. The van der Waals surface area contributed by atoms with Gasteiger partial charge in [-0.2, -0.15) is 0 Å². The molecule has 4 amide bonds. The third-order valence-electron chi connectivity index (χ3n) is 5.18. The van der Waals surface area contributed by atoms with Crippen LogP contribution >= 0.6 is 15.9 Å². The van der Waals surface area contributed by atoms with Crippen LogP contribution in [-0.2, 0) is 16.2 Å². The van der Waals surface area contributed by atoms with E-state index in [4.69, 9.17) is 9.47 Å². The normalized spacial score (nSPS) is 14.7. The molecule has 1 heterocycles. The van der Waals surface area contributed by atoms with E-state index in [1.54, 1.807) is 37.3 Å². The van der Waals surface area contributed by atoms with E-state index in [1.807, 2.05) is 0 Å². The number of carbonyl (C=O) groups is 3. The maximum Gasteiger partial charge on any atom is 0.335 e. The van der Waals surface area contributed by atoms with E-state index in [1.165, 1.54) is 36.4 Å². The van der Waals surface area contributed by atoms with Crippen LogP contribution in [-0.4, -0.2) is 29.6 Å². The molecule has 0 saturated carbocycles. The molecule has 1 saturated heterocycles. The van der Waals surface area contributed by atoms with E-state index in [2.05, 4.69) is 21.2 Å². The number of hydrogen-bond acceptors (Lipinski definition) is 6. The predicted octanol–water partition coefficient (Wildman–Crippen LogP) is 4.94. The zero-order valence-electron chi connectivity index (χ0n) is 19.0. The van der Waals surface area contributed by atoms with Crippen LogP contribution in [0.15, 0.2) is 70.7 Å². The molecule has 1 aliphatic rings. The lowest BCUT2D eigenvalue weighted by atomic mass is 10.1. The third-order valence-corrected chi connectivity index (χ3v) is 5.77. The fraction of sp³-hybridized carbons (Fsp3) is 0.115. The Morgan fingerprint density at radius 1 is 1.06 bits per heavy atom. The third kappa shape index (κ3) is 5.23. The van der Waals surface area contributed by atoms with E-state index in [9.17, 15) is 23.9 Å². The van der Waals surface area contributed by atoms with E-state index >= 15 is 0 Å². The van der Waals surface area contributed by atoms with Gasteiger partial charge in [0.1, 0.15) is 23.7 Å². The molecule has 0 spiro atoms. The molecule has 0 aromatic heterocycles. The first kappa shape index (κ1) is 24.9. The van der Waals surface area contributed by atoms with Crippen LogP contribution in [0.25, 0.3) is 6.08 Å². The summed E-state index contributed by atoms with van der Waals surface area (Å²) in [6, 6.07) is 13.9. The van der Waals surface area contributed by atoms with Gasteiger partial charge in [0.05, 0.1) is 16.8 Å². The molecule has 36 heavy (non-hydrogen) atoms. The van der Waals surface area contributed by atoms with Crippen LogP contribution in [0.5, 0.6) is 17.2 Å². The number of imide groups is 2. The minimum Gasteiger partial charge on any atom is -0.508 e. The Bertz CT molecular complexity index is 1370. The van der Waals surface area contributed by atoms with Crippen molar-refractivity contribution in [2.24, 2.45) is 0 Å². The Hall–Kier alpha value is -4.18. The standard InChI is InChI=1S/C26H20BrFN2O6/c1-2-35-22-13-15(12-20(27)23(22)36-14-16-5-3-4-6-21(16)28)11-19-24(32)29-26(34)30(25(19)33)17-7-9-18(31)10-8-17/h3-13,31H,2,14H2,1H3,(H,29,32,34)/b19-11+. The van der Waals surface area contributed by atoms with E-state index in [0.29, 0.717) is 33.7 Å². The van der Waals surface area contributed by atoms with Gasteiger partial charge in [-0.3, -0.25) is 14.9 Å². The number of anilines is 1. The quantitative estimate of drug-likeness (QED) is 0.316. The molecule has 184 valence electrons. The van der Waals surface area contributed by atoms with Crippen LogP contribution in [0.3, 0.4) is 0 Å². The molecule has 0 unspecified atom stereocenters. The van der Waals surface area contributed by atoms with Crippen LogP contribution in [0.1, 0.15) is 18.1 Å². The molecule has 0 radical (unpaired) electrons. The molecule has 10 heteroatoms. The largest absolute Gasteiger partial charge is 0.508 e. The number of phenols is 1. The van der Waals surface area contributed by atoms with Crippen molar-refractivity contribution in [2.45, 2.75) is 13.5 Å². The smallest absolute Gasteiger partial charge is 0.335 e. The summed E-state index contributed by atoms with van der Waals surface area (Å²) in [7, 11) is 0. The Balaban J connectivity index is 1.66. The minimum atomic E-state index is -0.902. The van der Waals surface area contributed by atoms with Crippen molar-refractivity contribution in [3.63, 3.8) is 0 Å². The molecular weight excluding hydrogens is 535 g/mol. The monoisotopic (exact) mass is 554 g/mol. The lowest BCUT2D eigenvalue weighted by Crippen LogP contribution is -2.54. The number of urea groups is 1. The van der Waals surface area contributed by atoms with Gasteiger partial charge in [-0.25, -0.2) is 14.1 Å². The second-order valence-corrected chi connectivity index (χ2v) is 8.47. The first-order valence-corrected chi connectivity index (χ1v) is 11.6. The van der Waals surface area contributed by atoms with Gasteiger partial charge in [0.2, 0.25) is 0 Å². The molecule has 3 aromatic carbocycles. The number of nitrogens with one attached hydrogen (secondary N) is 1. The van der Waals surface area contributed by atoms with Gasteiger partial charge in [0.15, 0.2) is 11.5 Å². The van der Waals surface area contributed by atoms with E-state index in [0.717, 1.165) is 4.90 Å². The van der Waals surface area contributed by atoms with Gasteiger partial charge in [-0.15, -0.1) is 0 Å². The van der Waals surface area contributed by atoms with Crippen LogP contribution in [0, 0.1) is 5.82 Å². The predicted molar refractivity (Wildman–Crippen MR) is 133 cm³/mol. The van der Waals surface area contributed by atoms with Crippen molar-refractivity contribution < 1.29 is 33.4 Å². The summed E-state index contributed by atoms with van der Waals surface area (Å²) < 4.78 is 26.0. The molecule has 2 N–H and O–H groups in total. The molecule has 1 aliphatic heterocycles. The Labute approximate surface area is 214 Å². The van der Waals surface area contributed by atoms with Crippen molar-refractivity contribution >= 4 is 45.5 Å². The number of amides is 4. The second kappa shape index (κ2) is 10.6. The summed E-state index contributed by atoms with van der Waals surface area (Å²) >= 11 is 3.42. The number of carbonyl (C=O) groups excluding carboxylic acids is 3. The Morgan fingerprint density at radius 3 is 2.47 bits per heavy atom. The molecule has 0 aliphatic carbocycles. The molecule has 0 bridgehead atoms. The molecule has 8 nitrogen and oxygen atoms in total. The summed E-state index contributed by atoms with van der Waals surface area (Å²) in [6.07, 6.45) is 1.32. The highest BCUT2D eigenvalue weighted by atomic mass is 79.9. The Kier molecular flexibility index (Phi) is 7.35. The summed E-state index contributed by atoms with van der Waals surface area (Å²) in [5.74, 6) is -1.49. The van der Waals surface area contributed by atoms with Gasteiger partial charge >= 0.3 is 6.03 Å². The number of hydrogen-bond donors (Lipinski definition) is 2. The highest BCUT2D eigenvalue weighted by Gasteiger charge is 2.36. The summed E-state index contributed by atoms with van der Waals surface area (Å²) in [6.45, 7) is 2.03. The lowest BCUT2D eigenvalue weighted by Gasteiger charge is -2.26. The van der Waals surface area contributed by atoms with Gasteiger partial charge in [-0.1, -0.05) is 18.2 Å². The number of ether oxygens (including phenoxy) is 2. The fourth-order valence-electron chi connectivity index (χ4n) is 3.50. The summed E-state index contributed by atoms with van der Waals surface area (Å²) in [5.41, 5.74) is 0.683. The molecule has 1 fully saturated rings. The number of nitrogens with zero attached hydrogens (tertiary/aromatic N) is 1. The molecule has 4 rings (SSSR count). The number of phenolic OH excluding ortho intramolecular Hbond substituents is 1. The van der Waals surface area contributed by atoms with Gasteiger partial charge in [0, 0.05) is 5.56 Å². The van der Waals surface area contributed by atoms with Crippen LogP contribution < -0.4 is 19.7 Å². The van der Waals surface area contributed by atoms with Gasteiger partial charge < -0.3 is 14.6 Å². The van der Waals surface area contributed by atoms with Crippen LogP contribution in [0.4, 0.5) is 14.9 Å². The lowest BCUT2D eigenvalue weighted by molar-refractivity contribution is -0.122. The zero-order chi connectivity index (χ0) is 25.8. The maximum absolute atomic E-state index is 14.0. The van der Waals surface area contributed by atoms with Gasteiger partial charge in [0.25, 0.3) is 11.8 Å². The number of halogens is 2. The Morgan fingerprint density at radius 2 is 1.78 bits per heavy atom. The topological polar surface area (TPSA) is 105 Å². The highest BCUT2D eigenvalue weighted by molar-refractivity contribution is 9.10. The summed E-state index contributed by atoms with van der Waals surface area (Å²) in [5, 5.41) is 11.6. The maximum atomic E-state index is 14.0. The van der Waals surface area contributed by atoms with E-state index < -0.39 is 23.7 Å². The van der Waals surface area contributed by atoms with Gasteiger partial charge in [-0.05, 0) is 77.0 Å². The van der Waals surface area contributed by atoms with Crippen molar-refractivity contribution in [1.82, 2.24) is 5.32 Å². The second-order valence-electron chi connectivity index (χ2n) is 7.62. The fourth-order valence-corrected chi connectivity index (χ4v) is 4.07. The van der Waals surface area contributed by atoms with Crippen molar-refractivity contribution in [3.8, 4) is 17.2 Å². The summed E-state index contributed by atoms with van der Waals surface area (Å²) in [4.78, 5) is 38.8. The van der Waals surface area contributed by atoms with Crippen molar-refractivity contribution in [2.75, 3.05) is 11.5 Å². The molecule has 3 aromatic rings. The first-order chi connectivity index (χ1) is 17.3. The minimum absolute atomic E-state index is 0.0407. The van der Waals surface area contributed by atoms with Crippen molar-refractivity contribution in [1.29, 1.82) is 0 Å².